The molecule has 3 heteroatoms. The Hall–Kier alpha value is -0.120. The van der Waals surface area contributed by atoms with E-state index in [1.165, 1.54) is 77.5 Å². The van der Waals surface area contributed by atoms with Crippen molar-refractivity contribution >= 4 is 0 Å². The standard InChI is InChI=1S/C16H30N2O/c19-16-7-3-2-6-15(16)18-12-8-14(9-13-18)17-10-4-1-5-11-17/h14-16,19H,1-13H2/t15-,16-/m0/s1. The number of aliphatic hydroxyl groups excluding tert-OH is 1. The predicted octanol–water partition coefficient (Wildman–Crippen LogP) is 2.24. The molecule has 0 spiro atoms. The molecule has 1 saturated carbocycles. The maximum atomic E-state index is 10.2. The van der Waals surface area contributed by atoms with E-state index in [9.17, 15) is 5.11 Å². The molecular weight excluding hydrogens is 236 g/mol. The van der Waals surface area contributed by atoms with E-state index in [1.54, 1.807) is 0 Å². The van der Waals surface area contributed by atoms with E-state index in [1.807, 2.05) is 0 Å². The first-order valence-corrected chi connectivity index (χ1v) is 8.51. The van der Waals surface area contributed by atoms with Gasteiger partial charge in [-0.3, -0.25) is 4.90 Å². The second-order valence-corrected chi connectivity index (χ2v) is 6.78. The van der Waals surface area contributed by atoms with E-state index < -0.39 is 0 Å². The van der Waals surface area contributed by atoms with Gasteiger partial charge >= 0.3 is 0 Å². The molecule has 0 aromatic rings. The normalized spacial score (nSPS) is 36.5. The van der Waals surface area contributed by atoms with Crippen LogP contribution >= 0.6 is 0 Å². The largest absolute Gasteiger partial charge is 0.391 e. The third-order valence-electron chi connectivity index (χ3n) is 5.57. The molecule has 0 unspecified atom stereocenters. The average Bonchev–Trinajstić information content (AvgIpc) is 2.49. The van der Waals surface area contributed by atoms with Crippen LogP contribution in [0.5, 0.6) is 0 Å². The fourth-order valence-corrected chi connectivity index (χ4v) is 4.38. The number of nitrogens with zero attached hydrogens (tertiary/aromatic N) is 2. The monoisotopic (exact) mass is 266 g/mol. The predicted molar refractivity (Wildman–Crippen MR) is 78.3 cm³/mol. The van der Waals surface area contributed by atoms with Gasteiger partial charge in [-0.2, -0.15) is 0 Å². The highest BCUT2D eigenvalue weighted by atomic mass is 16.3. The van der Waals surface area contributed by atoms with Gasteiger partial charge in [-0.1, -0.05) is 19.3 Å². The van der Waals surface area contributed by atoms with Gasteiger partial charge in [-0.25, -0.2) is 0 Å². The zero-order valence-electron chi connectivity index (χ0n) is 12.3. The first kappa shape index (κ1) is 13.8. The Kier molecular flexibility index (Phi) is 4.78. The van der Waals surface area contributed by atoms with E-state index in [0.717, 1.165) is 12.5 Å². The summed E-state index contributed by atoms with van der Waals surface area (Å²) in [5.74, 6) is 0. The summed E-state index contributed by atoms with van der Waals surface area (Å²) in [6, 6.07) is 1.30. The van der Waals surface area contributed by atoms with Crippen LogP contribution in [0.2, 0.25) is 0 Å². The lowest BCUT2D eigenvalue weighted by atomic mass is 9.89. The van der Waals surface area contributed by atoms with E-state index >= 15 is 0 Å². The van der Waals surface area contributed by atoms with Crippen LogP contribution in [-0.4, -0.2) is 59.3 Å². The van der Waals surface area contributed by atoms with Crippen LogP contribution in [0, 0.1) is 0 Å². The summed E-state index contributed by atoms with van der Waals surface area (Å²) in [5.41, 5.74) is 0. The van der Waals surface area contributed by atoms with Crippen molar-refractivity contribution in [3.8, 4) is 0 Å². The van der Waals surface area contributed by atoms with Gasteiger partial charge in [-0.15, -0.1) is 0 Å². The van der Waals surface area contributed by atoms with Crippen LogP contribution < -0.4 is 0 Å². The van der Waals surface area contributed by atoms with Crippen molar-refractivity contribution in [2.24, 2.45) is 0 Å². The zero-order chi connectivity index (χ0) is 13.1. The number of rotatable bonds is 2. The van der Waals surface area contributed by atoms with Crippen molar-refractivity contribution < 1.29 is 5.11 Å². The van der Waals surface area contributed by atoms with Crippen LogP contribution in [0.3, 0.4) is 0 Å². The summed E-state index contributed by atoms with van der Waals surface area (Å²) < 4.78 is 0. The molecule has 19 heavy (non-hydrogen) atoms. The quantitative estimate of drug-likeness (QED) is 0.830. The number of hydrogen-bond donors (Lipinski definition) is 1. The Morgan fingerprint density at radius 3 is 2.00 bits per heavy atom. The van der Waals surface area contributed by atoms with Crippen LogP contribution in [0.4, 0.5) is 0 Å². The zero-order valence-corrected chi connectivity index (χ0v) is 12.3. The molecule has 2 heterocycles. The summed E-state index contributed by atoms with van der Waals surface area (Å²) in [4.78, 5) is 5.32. The highest BCUT2D eigenvalue weighted by molar-refractivity contribution is 4.88. The Balaban J connectivity index is 1.48. The van der Waals surface area contributed by atoms with Gasteiger partial charge in [-0.05, 0) is 51.6 Å². The number of likely N-dealkylation sites (tertiary alicyclic amines) is 2. The molecule has 2 aliphatic heterocycles. The molecule has 2 atom stereocenters. The Morgan fingerprint density at radius 1 is 0.632 bits per heavy atom. The van der Waals surface area contributed by atoms with Crippen LogP contribution in [0.1, 0.15) is 57.8 Å². The molecule has 3 aliphatic rings. The van der Waals surface area contributed by atoms with Gasteiger partial charge in [0.15, 0.2) is 0 Å². The summed E-state index contributed by atoms with van der Waals surface area (Å²) in [7, 11) is 0. The summed E-state index contributed by atoms with van der Waals surface area (Å²) >= 11 is 0. The van der Waals surface area contributed by atoms with Crippen LogP contribution in [0.15, 0.2) is 0 Å². The maximum absolute atomic E-state index is 10.2. The van der Waals surface area contributed by atoms with E-state index in [2.05, 4.69) is 9.80 Å². The van der Waals surface area contributed by atoms with E-state index in [0.29, 0.717) is 6.04 Å². The highest BCUT2D eigenvalue weighted by Gasteiger charge is 2.32. The van der Waals surface area contributed by atoms with Crippen LogP contribution in [0.25, 0.3) is 0 Å². The lowest BCUT2D eigenvalue weighted by Gasteiger charge is -2.44. The molecule has 3 nitrogen and oxygen atoms in total. The lowest BCUT2D eigenvalue weighted by Crippen LogP contribution is -2.52. The molecule has 0 aromatic heterocycles. The van der Waals surface area contributed by atoms with Crippen molar-refractivity contribution in [3.63, 3.8) is 0 Å². The third kappa shape index (κ3) is 3.32. The molecular formula is C16H30N2O. The van der Waals surface area contributed by atoms with Crippen LogP contribution in [-0.2, 0) is 0 Å². The summed E-state index contributed by atoms with van der Waals surface area (Å²) in [5, 5.41) is 10.2. The summed E-state index contributed by atoms with van der Waals surface area (Å²) in [6.07, 6.45) is 11.6. The molecule has 1 aliphatic carbocycles. The average molecular weight is 266 g/mol. The molecule has 0 bridgehead atoms. The Morgan fingerprint density at radius 2 is 1.32 bits per heavy atom. The first-order valence-electron chi connectivity index (χ1n) is 8.51. The van der Waals surface area contributed by atoms with Gasteiger partial charge in [0.1, 0.15) is 0 Å². The third-order valence-corrected chi connectivity index (χ3v) is 5.57. The molecule has 1 N–H and O–H groups in total. The van der Waals surface area contributed by atoms with Gasteiger partial charge in [0.2, 0.25) is 0 Å². The second-order valence-electron chi connectivity index (χ2n) is 6.78. The van der Waals surface area contributed by atoms with E-state index in [4.69, 9.17) is 0 Å². The topological polar surface area (TPSA) is 26.7 Å². The smallest absolute Gasteiger partial charge is 0.0695 e. The van der Waals surface area contributed by atoms with Crippen molar-refractivity contribution in [2.75, 3.05) is 26.2 Å². The molecule has 3 rings (SSSR count). The van der Waals surface area contributed by atoms with Gasteiger partial charge < -0.3 is 10.0 Å². The van der Waals surface area contributed by atoms with Crippen molar-refractivity contribution in [3.05, 3.63) is 0 Å². The van der Waals surface area contributed by atoms with Crippen molar-refractivity contribution in [1.82, 2.24) is 9.80 Å². The van der Waals surface area contributed by atoms with E-state index in [-0.39, 0.29) is 6.10 Å². The second kappa shape index (κ2) is 6.55. The Bertz CT molecular complexity index is 270. The number of piperidine rings is 2. The molecule has 110 valence electrons. The maximum Gasteiger partial charge on any atom is 0.0695 e. The number of hydrogen-bond acceptors (Lipinski definition) is 3. The molecule has 2 saturated heterocycles. The van der Waals surface area contributed by atoms with Crippen molar-refractivity contribution in [2.45, 2.75) is 76.0 Å². The summed E-state index contributed by atoms with van der Waals surface area (Å²) in [6.45, 7) is 5.08. The first-order chi connectivity index (χ1) is 9.34. The fourth-order valence-electron chi connectivity index (χ4n) is 4.38. The highest BCUT2D eigenvalue weighted by Crippen LogP contribution is 2.27. The SMILES string of the molecule is O[C@H]1CCCC[C@@H]1N1CCC(N2CCCCC2)CC1. The number of aliphatic hydroxyl groups is 1. The van der Waals surface area contributed by atoms with Gasteiger partial charge in [0.05, 0.1) is 6.10 Å². The minimum atomic E-state index is -0.0553. The molecule has 0 amide bonds. The molecule has 0 aromatic carbocycles. The lowest BCUT2D eigenvalue weighted by molar-refractivity contribution is -0.00539. The minimum absolute atomic E-state index is 0.0553. The van der Waals surface area contributed by atoms with Gasteiger partial charge in [0.25, 0.3) is 0 Å². The molecule has 3 fully saturated rings. The molecule has 0 radical (unpaired) electrons. The minimum Gasteiger partial charge on any atom is -0.391 e. The fraction of sp³-hybridized carbons (Fsp3) is 1.00. The van der Waals surface area contributed by atoms with Crippen molar-refractivity contribution in [1.29, 1.82) is 0 Å². The van der Waals surface area contributed by atoms with Gasteiger partial charge in [0, 0.05) is 25.2 Å². The Labute approximate surface area is 118 Å².